The highest BCUT2D eigenvalue weighted by Crippen LogP contribution is 2.24. The minimum Gasteiger partial charge on any atom is -0.496 e. The fourth-order valence-electron chi connectivity index (χ4n) is 3.24. The number of para-hydroxylation sites is 1. The number of hydrogen-bond acceptors (Lipinski definition) is 5. The van der Waals surface area contributed by atoms with Gasteiger partial charge in [-0.05, 0) is 38.1 Å². The molecule has 4 aromatic rings. The van der Waals surface area contributed by atoms with Gasteiger partial charge < -0.3 is 4.74 Å². The number of carbonyl (C=O) groups is 1. The van der Waals surface area contributed by atoms with E-state index in [1.807, 2.05) is 24.3 Å². The van der Waals surface area contributed by atoms with Gasteiger partial charge in [-0.25, -0.2) is 4.98 Å². The fraction of sp³-hybridized carbons (Fsp3) is 0.182. The van der Waals surface area contributed by atoms with Crippen LogP contribution >= 0.6 is 11.6 Å². The summed E-state index contributed by atoms with van der Waals surface area (Å²) in [6.07, 6.45) is 0. The van der Waals surface area contributed by atoms with Crippen LogP contribution in [0.25, 0.3) is 5.78 Å². The van der Waals surface area contributed by atoms with Crippen molar-refractivity contribution in [3.8, 4) is 5.75 Å². The number of H-pyrrole nitrogens is 1. The molecule has 8 nitrogen and oxygen atoms in total. The highest BCUT2D eigenvalue weighted by Gasteiger charge is 2.24. The van der Waals surface area contributed by atoms with E-state index in [0.29, 0.717) is 27.6 Å². The largest absolute Gasteiger partial charge is 0.496 e. The van der Waals surface area contributed by atoms with Crippen LogP contribution < -0.4 is 15.2 Å². The molecule has 2 heterocycles. The first kappa shape index (κ1) is 20.6. The molecule has 1 N–H and O–H groups in total. The molecule has 1 amide bonds. The van der Waals surface area contributed by atoms with Crippen LogP contribution in [0.1, 0.15) is 27.2 Å². The Labute approximate surface area is 183 Å². The number of aromatic nitrogens is 4. The van der Waals surface area contributed by atoms with Crippen LogP contribution in [0.15, 0.2) is 53.3 Å². The lowest BCUT2D eigenvalue weighted by Crippen LogP contribution is -2.32. The number of anilines is 1. The van der Waals surface area contributed by atoms with Crippen LogP contribution in [0, 0.1) is 13.8 Å². The summed E-state index contributed by atoms with van der Waals surface area (Å²) in [6, 6.07) is 14.0. The highest BCUT2D eigenvalue weighted by molar-refractivity contribution is 6.31. The van der Waals surface area contributed by atoms with E-state index in [4.69, 9.17) is 16.3 Å². The van der Waals surface area contributed by atoms with Gasteiger partial charge in [-0.15, -0.1) is 0 Å². The molecule has 2 aromatic carbocycles. The number of fused-ring (bicyclic) bond motifs is 1. The molecule has 0 saturated carbocycles. The van der Waals surface area contributed by atoms with E-state index in [1.54, 1.807) is 45.2 Å². The Balaban J connectivity index is 1.86. The van der Waals surface area contributed by atoms with Crippen molar-refractivity contribution < 1.29 is 9.53 Å². The average Bonchev–Trinajstić information content (AvgIpc) is 3.19. The summed E-state index contributed by atoms with van der Waals surface area (Å²) in [4.78, 5) is 36.3. The van der Waals surface area contributed by atoms with Crippen molar-refractivity contribution in [1.29, 1.82) is 0 Å². The van der Waals surface area contributed by atoms with Crippen LogP contribution in [0.3, 0.4) is 0 Å². The zero-order valence-electron chi connectivity index (χ0n) is 17.2. The predicted molar refractivity (Wildman–Crippen MR) is 118 cm³/mol. The fourth-order valence-corrected chi connectivity index (χ4v) is 3.43. The molecule has 4 rings (SSSR count). The maximum Gasteiger partial charge on any atom is 0.277 e. The molecular formula is C22H20ClN5O3. The number of methoxy groups -OCH3 is 1. The van der Waals surface area contributed by atoms with E-state index in [-0.39, 0.29) is 29.7 Å². The topological polar surface area (TPSA) is 92.6 Å². The Kier molecular flexibility index (Phi) is 5.48. The van der Waals surface area contributed by atoms with Gasteiger partial charge in [0.1, 0.15) is 5.75 Å². The average molecular weight is 438 g/mol. The van der Waals surface area contributed by atoms with Crippen molar-refractivity contribution in [1.82, 2.24) is 19.6 Å². The van der Waals surface area contributed by atoms with Crippen LogP contribution in [-0.2, 0) is 6.54 Å². The number of nitrogens with zero attached hydrogens (tertiary/aromatic N) is 4. The molecule has 0 aliphatic carbocycles. The van der Waals surface area contributed by atoms with Crippen LogP contribution in [0.5, 0.6) is 5.75 Å². The Bertz CT molecular complexity index is 1340. The molecule has 0 spiro atoms. The number of nitrogens with one attached hydrogen (secondary N) is 1. The molecule has 0 saturated heterocycles. The molecule has 0 aliphatic heterocycles. The second-order valence-corrected chi connectivity index (χ2v) is 7.46. The smallest absolute Gasteiger partial charge is 0.277 e. The summed E-state index contributed by atoms with van der Waals surface area (Å²) in [7, 11) is 1.57. The molecule has 158 valence electrons. The lowest BCUT2D eigenvalue weighted by molar-refractivity contribution is 0.0983. The van der Waals surface area contributed by atoms with Gasteiger partial charge in [-0.3, -0.25) is 19.6 Å². The quantitative estimate of drug-likeness (QED) is 0.515. The van der Waals surface area contributed by atoms with Gasteiger partial charge in [-0.2, -0.15) is 9.50 Å². The molecule has 0 aliphatic rings. The van der Waals surface area contributed by atoms with Crippen molar-refractivity contribution in [2.45, 2.75) is 20.4 Å². The minimum absolute atomic E-state index is 0.155. The van der Waals surface area contributed by atoms with Gasteiger partial charge in [0.05, 0.1) is 13.7 Å². The van der Waals surface area contributed by atoms with Gasteiger partial charge in [0, 0.05) is 27.4 Å². The van der Waals surface area contributed by atoms with Gasteiger partial charge in [0.25, 0.3) is 17.2 Å². The molecular weight excluding hydrogens is 418 g/mol. The second-order valence-electron chi connectivity index (χ2n) is 7.02. The van der Waals surface area contributed by atoms with Gasteiger partial charge in [0.15, 0.2) is 0 Å². The molecule has 2 aromatic heterocycles. The normalized spacial score (nSPS) is 11.0. The number of hydrogen-bond donors (Lipinski definition) is 1. The van der Waals surface area contributed by atoms with Gasteiger partial charge in [0.2, 0.25) is 5.95 Å². The summed E-state index contributed by atoms with van der Waals surface area (Å²) in [6.45, 7) is 3.60. The lowest BCUT2D eigenvalue weighted by Gasteiger charge is -2.21. The van der Waals surface area contributed by atoms with E-state index in [0.717, 1.165) is 5.56 Å². The van der Waals surface area contributed by atoms with Crippen molar-refractivity contribution in [3.05, 3.63) is 86.3 Å². The Hall–Kier alpha value is -3.65. The first-order chi connectivity index (χ1) is 14.9. The minimum atomic E-state index is -0.339. The molecule has 0 bridgehead atoms. The molecule has 0 atom stereocenters. The molecule has 31 heavy (non-hydrogen) atoms. The van der Waals surface area contributed by atoms with Crippen LogP contribution in [0.2, 0.25) is 5.02 Å². The third kappa shape index (κ3) is 3.89. The second kappa shape index (κ2) is 8.23. The Morgan fingerprint density at radius 3 is 2.68 bits per heavy atom. The standard InChI is InChI=1S/C22H20ClN5O3/c1-13-14(2)24-21-25-22(26-28(21)19(13)29)27(12-16-7-4-5-10-18(16)31-3)20(30)15-8-6-9-17(23)11-15/h4-11H,12H2,1-3H3,(H,24,25,26). The van der Waals surface area contributed by atoms with Gasteiger partial charge >= 0.3 is 0 Å². The lowest BCUT2D eigenvalue weighted by atomic mass is 10.1. The number of aromatic amines is 1. The number of amides is 1. The third-order valence-electron chi connectivity index (χ3n) is 5.05. The summed E-state index contributed by atoms with van der Waals surface area (Å²) >= 11 is 6.10. The molecule has 0 unspecified atom stereocenters. The summed E-state index contributed by atoms with van der Waals surface area (Å²) in [5.41, 5.74) is 1.98. The van der Waals surface area contributed by atoms with E-state index < -0.39 is 0 Å². The monoisotopic (exact) mass is 437 g/mol. The van der Waals surface area contributed by atoms with Gasteiger partial charge in [-0.1, -0.05) is 35.9 Å². The Morgan fingerprint density at radius 1 is 1.16 bits per heavy atom. The van der Waals surface area contributed by atoms with Crippen LogP contribution in [-0.4, -0.2) is 32.6 Å². The zero-order valence-corrected chi connectivity index (χ0v) is 18.0. The number of aryl methyl sites for hydroxylation is 1. The number of carbonyl (C=O) groups excluding carboxylic acids is 1. The highest BCUT2D eigenvalue weighted by atomic mass is 35.5. The maximum absolute atomic E-state index is 13.5. The zero-order chi connectivity index (χ0) is 22.1. The summed E-state index contributed by atoms with van der Waals surface area (Å²) in [5, 5.41) is 3.36. The molecule has 0 fully saturated rings. The van der Waals surface area contributed by atoms with Crippen molar-refractivity contribution in [2.24, 2.45) is 0 Å². The van der Waals surface area contributed by atoms with E-state index >= 15 is 0 Å². The van der Waals surface area contributed by atoms with Crippen molar-refractivity contribution >= 4 is 29.2 Å². The number of halogens is 1. The van der Waals surface area contributed by atoms with E-state index in [9.17, 15) is 9.59 Å². The number of ether oxygens (including phenoxy) is 1. The molecule has 0 radical (unpaired) electrons. The number of benzene rings is 2. The summed E-state index contributed by atoms with van der Waals surface area (Å²) < 4.78 is 6.67. The van der Waals surface area contributed by atoms with Crippen molar-refractivity contribution in [3.63, 3.8) is 0 Å². The first-order valence-corrected chi connectivity index (χ1v) is 9.92. The van der Waals surface area contributed by atoms with E-state index in [2.05, 4.69) is 15.1 Å². The SMILES string of the molecule is COc1ccccc1CN(C(=O)c1cccc(Cl)c1)c1nc2nc(C)c(C)c(=O)n2[nH]1. The first-order valence-electron chi connectivity index (χ1n) is 9.54. The summed E-state index contributed by atoms with van der Waals surface area (Å²) in [5.74, 6) is 0.663. The van der Waals surface area contributed by atoms with Crippen LogP contribution in [0.4, 0.5) is 5.95 Å². The third-order valence-corrected chi connectivity index (χ3v) is 5.28. The van der Waals surface area contributed by atoms with Crippen molar-refractivity contribution in [2.75, 3.05) is 12.0 Å². The Morgan fingerprint density at radius 2 is 1.94 bits per heavy atom. The maximum atomic E-state index is 13.5. The predicted octanol–water partition coefficient (Wildman–Crippen LogP) is 3.54. The number of rotatable bonds is 5. The molecule has 9 heteroatoms. The van der Waals surface area contributed by atoms with E-state index in [1.165, 1.54) is 9.42 Å².